The van der Waals surface area contributed by atoms with E-state index in [0.29, 0.717) is 24.7 Å². The summed E-state index contributed by atoms with van der Waals surface area (Å²) in [5.74, 6) is 0.892. The van der Waals surface area contributed by atoms with E-state index in [1.165, 1.54) is 12.1 Å². The summed E-state index contributed by atoms with van der Waals surface area (Å²) in [7, 11) is 0. The van der Waals surface area contributed by atoms with Gasteiger partial charge in [0.25, 0.3) is 5.69 Å². The highest BCUT2D eigenvalue weighted by atomic mass is 35.5. The second-order valence-corrected chi connectivity index (χ2v) is 6.62. The van der Waals surface area contributed by atoms with Gasteiger partial charge in [-0.1, -0.05) is 6.07 Å². The van der Waals surface area contributed by atoms with Crippen LogP contribution < -0.4 is 10.2 Å². The van der Waals surface area contributed by atoms with Crippen molar-refractivity contribution in [3.05, 3.63) is 58.8 Å². The van der Waals surface area contributed by atoms with Gasteiger partial charge >= 0.3 is 0 Å². The van der Waals surface area contributed by atoms with E-state index in [1.54, 1.807) is 18.3 Å². The van der Waals surface area contributed by atoms with Crippen molar-refractivity contribution in [3.8, 4) is 0 Å². The van der Waals surface area contributed by atoms with Crippen molar-refractivity contribution in [2.45, 2.75) is 19.4 Å². The Bertz CT molecular complexity index is 791. The summed E-state index contributed by atoms with van der Waals surface area (Å²) >= 11 is 0. The SMILES string of the molecule is CC1CN(c2ccccn2)CCN1CCC(=O)Nc1ccc([N+](=O)[O-])cc1.Cl.O. The number of hydrogen-bond acceptors (Lipinski definition) is 6. The maximum absolute atomic E-state index is 12.2. The molecule has 10 heteroatoms. The van der Waals surface area contributed by atoms with E-state index >= 15 is 0 Å². The van der Waals surface area contributed by atoms with E-state index in [2.05, 4.69) is 27.0 Å². The predicted octanol–water partition coefficient (Wildman–Crippen LogP) is 2.13. The molecule has 2 aromatic rings. The van der Waals surface area contributed by atoms with Crippen molar-refractivity contribution < 1.29 is 15.2 Å². The molecule has 0 aliphatic carbocycles. The number of nitro benzene ring substituents is 1. The van der Waals surface area contributed by atoms with E-state index in [-0.39, 0.29) is 29.5 Å². The highest BCUT2D eigenvalue weighted by Crippen LogP contribution is 2.18. The summed E-state index contributed by atoms with van der Waals surface area (Å²) in [5.41, 5.74) is 0.575. The third kappa shape index (κ3) is 6.67. The third-order valence-electron chi connectivity index (χ3n) is 4.73. The maximum atomic E-state index is 12.2. The lowest BCUT2D eigenvalue weighted by Gasteiger charge is -2.40. The van der Waals surface area contributed by atoms with Gasteiger partial charge in [-0.05, 0) is 31.2 Å². The maximum Gasteiger partial charge on any atom is 0.269 e. The van der Waals surface area contributed by atoms with E-state index in [4.69, 9.17) is 0 Å². The van der Waals surface area contributed by atoms with Crippen LogP contribution in [0.3, 0.4) is 0 Å². The Morgan fingerprint density at radius 2 is 1.97 bits per heavy atom. The van der Waals surface area contributed by atoms with Crippen LogP contribution >= 0.6 is 12.4 Å². The van der Waals surface area contributed by atoms with Crippen LogP contribution in [0, 0.1) is 10.1 Å². The fourth-order valence-electron chi connectivity index (χ4n) is 3.21. The van der Waals surface area contributed by atoms with Gasteiger partial charge in [-0.2, -0.15) is 0 Å². The van der Waals surface area contributed by atoms with Crippen LogP contribution in [-0.2, 0) is 4.79 Å². The molecule has 1 aromatic carbocycles. The quantitative estimate of drug-likeness (QED) is 0.560. The lowest BCUT2D eigenvalue weighted by molar-refractivity contribution is -0.384. The van der Waals surface area contributed by atoms with Gasteiger partial charge in [-0.3, -0.25) is 19.8 Å². The molecule has 1 atom stereocenters. The van der Waals surface area contributed by atoms with Gasteiger partial charge in [0, 0.05) is 62.7 Å². The number of amides is 1. The smallest absolute Gasteiger partial charge is 0.269 e. The third-order valence-corrected chi connectivity index (χ3v) is 4.73. The fourth-order valence-corrected chi connectivity index (χ4v) is 3.21. The number of rotatable bonds is 6. The molecule has 0 spiro atoms. The van der Waals surface area contributed by atoms with Gasteiger partial charge in [-0.15, -0.1) is 12.4 Å². The van der Waals surface area contributed by atoms with Gasteiger partial charge in [0.15, 0.2) is 0 Å². The molecule has 29 heavy (non-hydrogen) atoms. The van der Waals surface area contributed by atoms with Gasteiger partial charge in [0.2, 0.25) is 5.91 Å². The minimum absolute atomic E-state index is 0. The zero-order valence-electron chi connectivity index (χ0n) is 16.2. The number of piperazine rings is 1. The van der Waals surface area contributed by atoms with Gasteiger partial charge < -0.3 is 15.7 Å². The van der Waals surface area contributed by atoms with Gasteiger partial charge in [-0.25, -0.2) is 4.98 Å². The number of halogens is 1. The first-order valence-corrected chi connectivity index (χ1v) is 8.97. The monoisotopic (exact) mass is 423 g/mol. The summed E-state index contributed by atoms with van der Waals surface area (Å²) < 4.78 is 0. The zero-order chi connectivity index (χ0) is 19.2. The van der Waals surface area contributed by atoms with Crippen LogP contribution in [0.15, 0.2) is 48.7 Å². The average Bonchev–Trinajstić information content (AvgIpc) is 2.68. The molecule has 0 bridgehead atoms. The summed E-state index contributed by atoms with van der Waals surface area (Å²) in [6.45, 7) is 5.47. The molecule has 0 radical (unpaired) electrons. The topological polar surface area (TPSA) is 123 Å². The minimum atomic E-state index is -0.461. The van der Waals surface area contributed by atoms with Crippen LogP contribution in [0.5, 0.6) is 0 Å². The first-order chi connectivity index (χ1) is 13.0. The predicted molar refractivity (Wildman–Crippen MR) is 115 cm³/mol. The molecule has 1 aliphatic rings. The van der Waals surface area contributed by atoms with E-state index in [0.717, 1.165) is 25.5 Å². The Labute approximate surface area is 175 Å². The second-order valence-electron chi connectivity index (χ2n) is 6.62. The molecule has 3 N–H and O–H groups in total. The molecule has 9 nitrogen and oxygen atoms in total. The number of non-ortho nitro benzene ring substituents is 1. The average molecular weight is 424 g/mol. The van der Waals surface area contributed by atoms with Gasteiger partial charge in [0.05, 0.1) is 4.92 Å². The van der Waals surface area contributed by atoms with E-state index < -0.39 is 4.92 Å². The lowest BCUT2D eigenvalue weighted by Crippen LogP contribution is -2.52. The summed E-state index contributed by atoms with van der Waals surface area (Å²) in [4.78, 5) is 31.3. The Morgan fingerprint density at radius 3 is 2.55 bits per heavy atom. The Kier molecular flexibility index (Phi) is 9.46. The van der Waals surface area contributed by atoms with Crippen molar-refractivity contribution in [1.29, 1.82) is 0 Å². The Hall–Kier alpha value is -2.75. The lowest BCUT2D eigenvalue weighted by atomic mass is 10.1. The molecule has 158 valence electrons. The molecular weight excluding hydrogens is 398 g/mol. The molecule has 1 unspecified atom stereocenters. The summed E-state index contributed by atoms with van der Waals surface area (Å²) in [5, 5.41) is 13.5. The van der Waals surface area contributed by atoms with Crippen molar-refractivity contribution in [2.24, 2.45) is 0 Å². The molecule has 1 amide bonds. The van der Waals surface area contributed by atoms with Crippen LogP contribution in [0.4, 0.5) is 17.2 Å². The van der Waals surface area contributed by atoms with Crippen molar-refractivity contribution >= 4 is 35.5 Å². The molecule has 1 saturated heterocycles. The van der Waals surface area contributed by atoms with Gasteiger partial charge in [0.1, 0.15) is 5.82 Å². The zero-order valence-corrected chi connectivity index (χ0v) is 17.0. The molecule has 3 rings (SSSR count). The molecule has 2 heterocycles. The Morgan fingerprint density at radius 1 is 1.24 bits per heavy atom. The Balaban J connectivity index is 0.00000210. The fraction of sp³-hybridized carbons (Fsp3) is 0.368. The number of nitrogens with one attached hydrogen (secondary N) is 1. The highest BCUT2D eigenvalue weighted by molar-refractivity contribution is 5.90. The minimum Gasteiger partial charge on any atom is -0.412 e. The molecular formula is C19H26ClN5O4. The number of hydrogen-bond donors (Lipinski definition) is 1. The van der Waals surface area contributed by atoms with Crippen LogP contribution in [0.1, 0.15) is 13.3 Å². The highest BCUT2D eigenvalue weighted by Gasteiger charge is 2.24. The van der Waals surface area contributed by atoms with Crippen molar-refractivity contribution in [1.82, 2.24) is 9.88 Å². The molecule has 1 fully saturated rings. The first-order valence-electron chi connectivity index (χ1n) is 8.97. The molecule has 1 aromatic heterocycles. The summed E-state index contributed by atoms with van der Waals surface area (Å²) in [6.07, 6.45) is 2.18. The number of nitro groups is 1. The molecule has 1 aliphatic heterocycles. The van der Waals surface area contributed by atoms with Crippen molar-refractivity contribution in [3.63, 3.8) is 0 Å². The first kappa shape index (κ1) is 24.3. The van der Waals surface area contributed by atoms with Crippen molar-refractivity contribution in [2.75, 3.05) is 36.4 Å². The van der Waals surface area contributed by atoms with E-state index in [9.17, 15) is 14.9 Å². The summed E-state index contributed by atoms with van der Waals surface area (Å²) in [6, 6.07) is 12.1. The standard InChI is InChI=1S/C19H23N5O3.ClH.H2O/c1-15-14-23(18-4-2-3-10-20-18)13-12-22(15)11-9-19(25)21-16-5-7-17(8-6-16)24(26)27;;/h2-8,10,15H,9,11-14H2,1H3,(H,21,25);1H;1H2. The number of nitrogens with zero attached hydrogens (tertiary/aromatic N) is 4. The normalized spacial score (nSPS) is 16.3. The number of pyridine rings is 1. The number of anilines is 2. The van der Waals surface area contributed by atoms with Crippen LogP contribution in [-0.4, -0.2) is 58.4 Å². The van der Waals surface area contributed by atoms with Crippen LogP contribution in [0.2, 0.25) is 0 Å². The number of aromatic nitrogens is 1. The van der Waals surface area contributed by atoms with Crippen LogP contribution in [0.25, 0.3) is 0 Å². The second kappa shape index (κ2) is 11.3. The number of carbonyl (C=O) groups excluding carboxylic acids is 1. The largest absolute Gasteiger partial charge is 0.412 e. The number of benzene rings is 1. The molecule has 0 saturated carbocycles. The number of carbonyl (C=O) groups is 1. The van der Waals surface area contributed by atoms with E-state index in [1.807, 2.05) is 18.2 Å².